The highest BCUT2D eigenvalue weighted by molar-refractivity contribution is 5.99. The summed E-state index contributed by atoms with van der Waals surface area (Å²) in [4.78, 5) is 24.2. The lowest BCUT2D eigenvalue weighted by Crippen LogP contribution is -2.26. The molecule has 122 valence electrons. The molecule has 4 rings (SSSR count). The van der Waals surface area contributed by atoms with E-state index in [1.165, 1.54) is 5.56 Å². The molecule has 5 nitrogen and oxygen atoms in total. The van der Waals surface area contributed by atoms with Gasteiger partial charge in [0.05, 0.1) is 11.6 Å². The van der Waals surface area contributed by atoms with E-state index in [-0.39, 0.29) is 24.3 Å². The highest BCUT2D eigenvalue weighted by atomic mass is 16.5. The van der Waals surface area contributed by atoms with Crippen LogP contribution in [0.1, 0.15) is 29.9 Å². The van der Waals surface area contributed by atoms with Crippen molar-refractivity contribution in [3.05, 3.63) is 53.6 Å². The Morgan fingerprint density at radius 3 is 3.00 bits per heavy atom. The third kappa shape index (κ3) is 2.73. The Labute approximate surface area is 140 Å². The second kappa shape index (κ2) is 6.00. The quantitative estimate of drug-likeness (QED) is 0.893. The van der Waals surface area contributed by atoms with Crippen LogP contribution in [0, 0.1) is 0 Å². The number of hydrogen-bond acceptors (Lipinski definition) is 3. The van der Waals surface area contributed by atoms with Crippen molar-refractivity contribution in [1.82, 2.24) is 0 Å². The van der Waals surface area contributed by atoms with Gasteiger partial charge in [-0.25, -0.2) is 0 Å². The molecule has 2 aromatic carbocycles. The van der Waals surface area contributed by atoms with Gasteiger partial charge in [-0.3, -0.25) is 9.59 Å². The first-order valence-corrected chi connectivity index (χ1v) is 8.16. The molecule has 1 aliphatic carbocycles. The molecule has 2 amide bonds. The highest BCUT2D eigenvalue weighted by Gasteiger charge is 2.26. The Bertz CT molecular complexity index is 816. The number of anilines is 2. The molecule has 2 aliphatic rings. The third-order valence-electron chi connectivity index (χ3n) is 4.57. The standard InChI is InChI=1S/C19H18N2O3/c22-18-11-24-17-9-8-13(10-16(17)21-18)20-19(23)15-7-3-5-12-4-1-2-6-14(12)15/h1-2,4,6,8-10,15H,3,5,7,11H2,(H,20,23)(H,21,22). The molecule has 0 saturated carbocycles. The third-order valence-corrected chi connectivity index (χ3v) is 4.57. The largest absolute Gasteiger partial charge is 0.482 e. The number of ether oxygens (including phenoxy) is 1. The molecular formula is C19H18N2O3. The minimum absolute atomic E-state index is 0.00912. The molecule has 1 aliphatic heterocycles. The number of carbonyl (C=O) groups excluding carboxylic acids is 2. The highest BCUT2D eigenvalue weighted by Crippen LogP contribution is 2.34. The van der Waals surface area contributed by atoms with Gasteiger partial charge in [-0.2, -0.15) is 0 Å². The Kier molecular flexibility index (Phi) is 3.69. The summed E-state index contributed by atoms with van der Waals surface area (Å²) in [5.74, 6) is 0.296. The van der Waals surface area contributed by atoms with Crippen LogP contribution in [0.3, 0.4) is 0 Å². The molecule has 24 heavy (non-hydrogen) atoms. The number of fused-ring (bicyclic) bond motifs is 2. The van der Waals surface area contributed by atoms with Crippen molar-refractivity contribution in [3.8, 4) is 5.75 Å². The van der Waals surface area contributed by atoms with Crippen molar-refractivity contribution in [2.45, 2.75) is 25.2 Å². The summed E-state index contributed by atoms with van der Waals surface area (Å²) in [5.41, 5.74) is 3.63. The van der Waals surface area contributed by atoms with Gasteiger partial charge in [-0.15, -0.1) is 0 Å². The molecule has 0 spiro atoms. The van der Waals surface area contributed by atoms with Crippen LogP contribution in [0.25, 0.3) is 0 Å². The van der Waals surface area contributed by atoms with E-state index >= 15 is 0 Å². The van der Waals surface area contributed by atoms with Crippen LogP contribution in [-0.4, -0.2) is 18.4 Å². The van der Waals surface area contributed by atoms with E-state index in [2.05, 4.69) is 16.7 Å². The lowest BCUT2D eigenvalue weighted by molar-refractivity contribution is -0.119. The van der Waals surface area contributed by atoms with E-state index < -0.39 is 0 Å². The van der Waals surface area contributed by atoms with Crippen LogP contribution in [0.2, 0.25) is 0 Å². The second-order valence-electron chi connectivity index (χ2n) is 6.18. The van der Waals surface area contributed by atoms with Gasteiger partial charge >= 0.3 is 0 Å². The average Bonchev–Trinajstić information content (AvgIpc) is 2.61. The molecule has 0 fully saturated rings. The number of aryl methyl sites for hydroxylation is 1. The summed E-state index contributed by atoms with van der Waals surface area (Å²) in [5, 5.41) is 5.73. The van der Waals surface area contributed by atoms with E-state index in [1.54, 1.807) is 18.2 Å². The maximum absolute atomic E-state index is 12.7. The van der Waals surface area contributed by atoms with Gasteiger partial charge in [0.2, 0.25) is 5.91 Å². The van der Waals surface area contributed by atoms with E-state index in [0.717, 1.165) is 24.8 Å². The monoisotopic (exact) mass is 322 g/mol. The number of nitrogens with one attached hydrogen (secondary N) is 2. The van der Waals surface area contributed by atoms with Crippen LogP contribution in [0.15, 0.2) is 42.5 Å². The minimum Gasteiger partial charge on any atom is -0.482 e. The van der Waals surface area contributed by atoms with Crippen molar-refractivity contribution >= 4 is 23.2 Å². The Morgan fingerprint density at radius 2 is 2.08 bits per heavy atom. The first-order chi connectivity index (χ1) is 11.7. The molecule has 1 heterocycles. The molecule has 1 atom stereocenters. The summed E-state index contributed by atoms with van der Waals surface area (Å²) < 4.78 is 5.33. The molecule has 0 saturated heterocycles. The van der Waals surface area contributed by atoms with Crippen molar-refractivity contribution in [3.63, 3.8) is 0 Å². The van der Waals surface area contributed by atoms with E-state index in [1.807, 2.05) is 18.2 Å². The smallest absolute Gasteiger partial charge is 0.262 e. The summed E-state index contributed by atoms with van der Waals surface area (Å²) in [6.07, 6.45) is 2.90. The van der Waals surface area contributed by atoms with Gasteiger partial charge in [0, 0.05) is 5.69 Å². The molecule has 0 aromatic heterocycles. The maximum atomic E-state index is 12.7. The van der Waals surface area contributed by atoms with Crippen molar-refractivity contribution in [2.24, 2.45) is 0 Å². The molecule has 5 heteroatoms. The summed E-state index contributed by atoms with van der Waals surface area (Å²) in [6.45, 7) is 0.0254. The van der Waals surface area contributed by atoms with E-state index in [4.69, 9.17) is 4.74 Å². The van der Waals surface area contributed by atoms with Gasteiger partial charge in [0.15, 0.2) is 6.61 Å². The van der Waals surface area contributed by atoms with Crippen LogP contribution >= 0.6 is 0 Å². The van der Waals surface area contributed by atoms with E-state index in [9.17, 15) is 9.59 Å². The lowest BCUT2D eigenvalue weighted by Gasteiger charge is -2.25. The van der Waals surface area contributed by atoms with Gasteiger partial charge in [0.1, 0.15) is 5.75 Å². The Hall–Kier alpha value is -2.82. The fraction of sp³-hybridized carbons (Fsp3) is 0.263. The number of hydrogen-bond donors (Lipinski definition) is 2. The fourth-order valence-electron chi connectivity index (χ4n) is 3.42. The predicted octanol–water partition coefficient (Wildman–Crippen LogP) is 3.08. The van der Waals surface area contributed by atoms with Gasteiger partial charge in [-0.1, -0.05) is 24.3 Å². The number of benzene rings is 2. The number of amides is 2. The van der Waals surface area contributed by atoms with Crippen molar-refractivity contribution in [1.29, 1.82) is 0 Å². The average molecular weight is 322 g/mol. The van der Waals surface area contributed by atoms with Crippen LogP contribution in [0.5, 0.6) is 5.75 Å². The summed E-state index contributed by atoms with van der Waals surface area (Å²) in [7, 11) is 0. The van der Waals surface area contributed by atoms with Crippen molar-refractivity contribution < 1.29 is 14.3 Å². The Morgan fingerprint density at radius 1 is 1.21 bits per heavy atom. The topological polar surface area (TPSA) is 67.4 Å². The molecule has 0 bridgehead atoms. The number of carbonyl (C=O) groups is 2. The maximum Gasteiger partial charge on any atom is 0.262 e. The summed E-state index contributed by atoms with van der Waals surface area (Å²) in [6, 6.07) is 13.4. The second-order valence-corrected chi connectivity index (χ2v) is 6.18. The van der Waals surface area contributed by atoms with Crippen LogP contribution in [-0.2, 0) is 16.0 Å². The molecule has 1 unspecified atom stereocenters. The lowest BCUT2D eigenvalue weighted by atomic mass is 9.82. The minimum atomic E-state index is -0.188. The molecule has 2 N–H and O–H groups in total. The zero-order valence-corrected chi connectivity index (χ0v) is 13.2. The summed E-state index contributed by atoms with van der Waals surface area (Å²) >= 11 is 0. The van der Waals surface area contributed by atoms with Crippen molar-refractivity contribution in [2.75, 3.05) is 17.2 Å². The van der Waals surface area contributed by atoms with Crippen LogP contribution in [0.4, 0.5) is 11.4 Å². The molecule has 0 radical (unpaired) electrons. The normalized spacial score (nSPS) is 18.7. The molecule has 2 aromatic rings. The Balaban J connectivity index is 1.55. The predicted molar refractivity (Wildman–Crippen MR) is 91.3 cm³/mol. The zero-order valence-electron chi connectivity index (χ0n) is 13.2. The first-order valence-electron chi connectivity index (χ1n) is 8.16. The van der Waals surface area contributed by atoms with Gasteiger partial charge in [0.25, 0.3) is 5.91 Å². The fourth-order valence-corrected chi connectivity index (χ4v) is 3.42. The first kappa shape index (κ1) is 14.8. The van der Waals surface area contributed by atoms with E-state index in [0.29, 0.717) is 17.1 Å². The molecular weight excluding hydrogens is 304 g/mol. The SMILES string of the molecule is O=C1COc2ccc(NC(=O)C3CCCc4ccccc43)cc2N1. The van der Waals surface area contributed by atoms with Gasteiger partial charge in [-0.05, 0) is 48.6 Å². The van der Waals surface area contributed by atoms with Crippen LogP contribution < -0.4 is 15.4 Å². The zero-order chi connectivity index (χ0) is 16.5. The number of rotatable bonds is 2. The van der Waals surface area contributed by atoms with Gasteiger partial charge < -0.3 is 15.4 Å².